The predicted octanol–water partition coefficient (Wildman–Crippen LogP) is 4.68. The lowest BCUT2D eigenvalue weighted by Crippen LogP contribution is -2.13. The van der Waals surface area contributed by atoms with E-state index in [4.69, 9.17) is 9.47 Å². The van der Waals surface area contributed by atoms with Crippen LogP contribution in [0.3, 0.4) is 0 Å². The van der Waals surface area contributed by atoms with Crippen molar-refractivity contribution in [3.63, 3.8) is 0 Å². The summed E-state index contributed by atoms with van der Waals surface area (Å²) in [5, 5.41) is 0.640. The molecule has 0 spiro atoms. The minimum atomic E-state index is -0.559. The largest absolute Gasteiger partial charge is 0.457 e. The van der Waals surface area contributed by atoms with Gasteiger partial charge in [-0.05, 0) is 24.3 Å². The number of para-hydroxylation sites is 3. The van der Waals surface area contributed by atoms with Gasteiger partial charge in [0.05, 0.1) is 5.56 Å². The third-order valence-electron chi connectivity index (χ3n) is 4.27. The van der Waals surface area contributed by atoms with E-state index in [0.29, 0.717) is 22.4 Å². The number of ether oxygens (including phenoxy) is 2. The van der Waals surface area contributed by atoms with Gasteiger partial charge < -0.3 is 14.5 Å². The van der Waals surface area contributed by atoms with Crippen LogP contribution in [0.5, 0.6) is 11.5 Å². The number of aromatic amines is 1. The molecule has 0 radical (unpaired) electrons. The first-order chi connectivity index (χ1) is 13.7. The van der Waals surface area contributed by atoms with E-state index in [2.05, 4.69) is 4.98 Å². The maximum atomic E-state index is 12.6. The van der Waals surface area contributed by atoms with Gasteiger partial charge in [-0.1, -0.05) is 54.6 Å². The topological polar surface area (TPSA) is 68.4 Å². The van der Waals surface area contributed by atoms with Crippen LogP contribution in [-0.4, -0.2) is 11.0 Å². The number of rotatable bonds is 5. The van der Waals surface area contributed by atoms with Gasteiger partial charge in [0.1, 0.15) is 18.1 Å². The van der Waals surface area contributed by atoms with E-state index in [1.54, 1.807) is 24.3 Å². The molecule has 0 aliphatic heterocycles. The fraction of sp³-hybridized carbons (Fsp3) is 0.0435. The number of benzene rings is 3. The number of carbonyl (C=O) groups excluding carboxylic acids is 1. The van der Waals surface area contributed by atoms with Crippen molar-refractivity contribution in [1.82, 2.24) is 4.98 Å². The van der Waals surface area contributed by atoms with Crippen molar-refractivity contribution in [1.29, 1.82) is 0 Å². The highest BCUT2D eigenvalue weighted by atomic mass is 16.5. The fourth-order valence-corrected chi connectivity index (χ4v) is 2.93. The normalized spacial score (nSPS) is 10.6. The van der Waals surface area contributed by atoms with E-state index >= 15 is 0 Å². The molecular formula is C23H17NO4. The number of H-pyrrole nitrogens is 1. The summed E-state index contributed by atoms with van der Waals surface area (Å²) in [5.74, 6) is 0.746. The number of hydrogen-bond donors (Lipinski definition) is 1. The quantitative estimate of drug-likeness (QED) is 0.517. The standard InChI is InChI=1S/C23H17NO4/c25-22-14-19(18-11-5-6-12-20(18)24-22)23(26)27-15-16-8-4-7-13-21(16)28-17-9-2-1-3-10-17/h1-14H,15H2,(H,24,25). The molecule has 0 atom stereocenters. The van der Waals surface area contributed by atoms with Crippen molar-refractivity contribution >= 4 is 16.9 Å². The Labute approximate surface area is 161 Å². The van der Waals surface area contributed by atoms with Gasteiger partial charge in [-0.15, -0.1) is 0 Å². The Morgan fingerprint density at radius 2 is 1.57 bits per heavy atom. The van der Waals surface area contributed by atoms with Gasteiger partial charge >= 0.3 is 5.97 Å². The van der Waals surface area contributed by atoms with Crippen molar-refractivity contribution in [2.24, 2.45) is 0 Å². The number of nitrogens with one attached hydrogen (secondary N) is 1. The van der Waals surface area contributed by atoms with Crippen LogP contribution in [0.2, 0.25) is 0 Å². The van der Waals surface area contributed by atoms with Crippen LogP contribution in [0.25, 0.3) is 10.9 Å². The van der Waals surface area contributed by atoms with Crippen LogP contribution >= 0.6 is 0 Å². The highest BCUT2D eigenvalue weighted by Gasteiger charge is 2.14. The molecule has 0 saturated heterocycles. The molecule has 5 heteroatoms. The van der Waals surface area contributed by atoms with E-state index in [1.165, 1.54) is 6.07 Å². The van der Waals surface area contributed by atoms with Crippen LogP contribution in [0, 0.1) is 0 Å². The Morgan fingerprint density at radius 1 is 0.857 bits per heavy atom. The van der Waals surface area contributed by atoms with Crippen LogP contribution in [-0.2, 0) is 11.3 Å². The number of hydrogen-bond acceptors (Lipinski definition) is 4. The number of aromatic nitrogens is 1. The van der Waals surface area contributed by atoms with Crippen molar-refractivity contribution in [2.75, 3.05) is 0 Å². The van der Waals surface area contributed by atoms with Gasteiger partial charge in [0, 0.05) is 22.5 Å². The molecule has 0 amide bonds. The summed E-state index contributed by atoms with van der Waals surface area (Å²) >= 11 is 0. The Kier molecular flexibility index (Phi) is 4.89. The lowest BCUT2D eigenvalue weighted by molar-refractivity contribution is 0.0473. The summed E-state index contributed by atoms with van der Waals surface area (Å²) in [6.45, 7) is 0.0307. The second-order valence-corrected chi connectivity index (χ2v) is 6.19. The molecule has 1 N–H and O–H groups in total. The molecule has 0 saturated carbocycles. The zero-order valence-corrected chi connectivity index (χ0v) is 14.9. The van der Waals surface area contributed by atoms with E-state index in [1.807, 2.05) is 54.6 Å². The number of carbonyl (C=O) groups is 1. The Bertz CT molecular complexity index is 1180. The highest BCUT2D eigenvalue weighted by Crippen LogP contribution is 2.26. The zero-order valence-electron chi connectivity index (χ0n) is 14.9. The maximum Gasteiger partial charge on any atom is 0.339 e. The molecule has 5 nitrogen and oxygen atoms in total. The summed E-state index contributed by atoms with van der Waals surface area (Å²) in [5.41, 5.74) is 1.21. The Balaban J connectivity index is 1.56. The smallest absolute Gasteiger partial charge is 0.339 e. The molecule has 4 rings (SSSR count). The second kappa shape index (κ2) is 7.80. The van der Waals surface area contributed by atoms with Gasteiger partial charge in [-0.2, -0.15) is 0 Å². The lowest BCUT2D eigenvalue weighted by atomic mass is 10.1. The third-order valence-corrected chi connectivity index (χ3v) is 4.27. The van der Waals surface area contributed by atoms with E-state index in [9.17, 15) is 9.59 Å². The van der Waals surface area contributed by atoms with Crippen molar-refractivity contribution < 1.29 is 14.3 Å². The molecule has 1 heterocycles. The summed E-state index contributed by atoms with van der Waals surface area (Å²) < 4.78 is 11.4. The summed E-state index contributed by atoms with van der Waals surface area (Å²) in [6.07, 6.45) is 0. The molecule has 0 fully saturated rings. The lowest BCUT2D eigenvalue weighted by Gasteiger charge is -2.12. The molecule has 138 valence electrons. The molecule has 0 unspecified atom stereocenters. The number of esters is 1. The monoisotopic (exact) mass is 371 g/mol. The van der Waals surface area contributed by atoms with E-state index in [0.717, 1.165) is 5.56 Å². The number of fused-ring (bicyclic) bond motifs is 1. The maximum absolute atomic E-state index is 12.6. The van der Waals surface area contributed by atoms with Crippen LogP contribution in [0.15, 0.2) is 89.7 Å². The van der Waals surface area contributed by atoms with Gasteiger partial charge in [0.25, 0.3) is 0 Å². The average Bonchev–Trinajstić information content (AvgIpc) is 2.73. The fourth-order valence-electron chi connectivity index (χ4n) is 2.93. The van der Waals surface area contributed by atoms with Crippen molar-refractivity contribution in [3.8, 4) is 11.5 Å². The Hall–Kier alpha value is -3.86. The second-order valence-electron chi connectivity index (χ2n) is 6.19. The van der Waals surface area contributed by atoms with Crippen molar-refractivity contribution in [2.45, 2.75) is 6.61 Å². The van der Waals surface area contributed by atoms with Gasteiger partial charge in [0.2, 0.25) is 5.56 Å². The molecule has 1 aromatic heterocycles. The molecule has 28 heavy (non-hydrogen) atoms. The molecular weight excluding hydrogens is 354 g/mol. The summed E-state index contributed by atoms with van der Waals surface area (Å²) in [7, 11) is 0. The van der Waals surface area contributed by atoms with Crippen LogP contribution in [0.1, 0.15) is 15.9 Å². The van der Waals surface area contributed by atoms with Crippen LogP contribution < -0.4 is 10.3 Å². The average molecular weight is 371 g/mol. The Morgan fingerprint density at radius 3 is 2.43 bits per heavy atom. The molecule has 3 aromatic carbocycles. The van der Waals surface area contributed by atoms with Gasteiger partial charge in [0.15, 0.2) is 0 Å². The predicted molar refractivity (Wildman–Crippen MR) is 107 cm³/mol. The van der Waals surface area contributed by atoms with Gasteiger partial charge in [-0.3, -0.25) is 4.79 Å². The minimum Gasteiger partial charge on any atom is -0.457 e. The van der Waals surface area contributed by atoms with E-state index < -0.39 is 5.97 Å². The van der Waals surface area contributed by atoms with Gasteiger partial charge in [-0.25, -0.2) is 4.79 Å². The summed E-state index contributed by atoms with van der Waals surface area (Å²) in [6, 6.07) is 25.1. The third kappa shape index (κ3) is 3.78. The molecule has 0 aliphatic carbocycles. The first-order valence-corrected chi connectivity index (χ1v) is 8.81. The number of pyridine rings is 1. The minimum absolute atomic E-state index is 0.0307. The molecule has 0 aliphatic rings. The summed E-state index contributed by atoms with van der Waals surface area (Å²) in [4.78, 5) is 27.2. The highest BCUT2D eigenvalue weighted by molar-refractivity contribution is 6.03. The van der Waals surface area contributed by atoms with Crippen LogP contribution in [0.4, 0.5) is 0 Å². The SMILES string of the molecule is O=C(OCc1ccccc1Oc1ccccc1)c1cc(=O)[nH]c2ccccc12. The first-order valence-electron chi connectivity index (χ1n) is 8.81. The first kappa shape index (κ1) is 17.5. The molecule has 0 bridgehead atoms. The van der Waals surface area contributed by atoms with Crippen molar-refractivity contribution in [3.05, 3.63) is 106 Å². The molecule has 4 aromatic rings. The van der Waals surface area contributed by atoms with E-state index in [-0.39, 0.29) is 17.7 Å². The zero-order chi connectivity index (χ0) is 19.3.